The van der Waals surface area contributed by atoms with E-state index in [1.165, 1.54) is 45.5 Å². The molecule has 1 heterocycles. The summed E-state index contributed by atoms with van der Waals surface area (Å²) in [5, 5.41) is 3.34. The Kier molecular flexibility index (Phi) is 5.18. The van der Waals surface area contributed by atoms with E-state index in [-0.39, 0.29) is 16.8 Å². The van der Waals surface area contributed by atoms with Gasteiger partial charge in [-0.2, -0.15) is 4.31 Å². The van der Waals surface area contributed by atoms with Crippen molar-refractivity contribution in [2.45, 2.75) is 43.5 Å². The number of hydrogen-bond donors (Lipinski definition) is 1. The lowest BCUT2D eigenvalue weighted by Crippen LogP contribution is -2.29. The van der Waals surface area contributed by atoms with E-state index in [9.17, 15) is 13.2 Å². The quantitative estimate of drug-likeness (QED) is 0.628. The molecule has 1 amide bonds. The molecule has 8 heteroatoms. The number of hydrogen-bond acceptors (Lipinski definition) is 5. The summed E-state index contributed by atoms with van der Waals surface area (Å²) >= 11 is 1.43. The van der Waals surface area contributed by atoms with E-state index in [0.717, 1.165) is 23.1 Å². The molecule has 0 saturated heterocycles. The highest BCUT2D eigenvalue weighted by Gasteiger charge is 2.35. The van der Waals surface area contributed by atoms with Crippen molar-refractivity contribution in [2.75, 3.05) is 12.4 Å². The van der Waals surface area contributed by atoms with Crippen molar-refractivity contribution in [3.05, 3.63) is 53.6 Å². The van der Waals surface area contributed by atoms with Gasteiger partial charge in [0.25, 0.3) is 5.91 Å². The fourth-order valence-corrected chi connectivity index (χ4v) is 5.43. The molecule has 1 aliphatic carbocycles. The van der Waals surface area contributed by atoms with Gasteiger partial charge in [-0.1, -0.05) is 31.3 Å². The minimum atomic E-state index is -3.51. The first kappa shape index (κ1) is 20.0. The summed E-state index contributed by atoms with van der Waals surface area (Å²) in [7, 11) is -1.91. The molecule has 152 valence electrons. The number of thiazole rings is 1. The second-order valence-corrected chi connectivity index (χ2v) is 10.7. The van der Waals surface area contributed by atoms with E-state index in [2.05, 4.69) is 36.3 Å². The Labute approximate surface area is 174 Å². The first-order chi connectivity index (χ1) is 13.8. The lowest BCUT2D eigenvalue weighted by atomic mass is 10.0. The summed E-state index contributed by atoms with van der Waals surface area (Å²) in [6, 6.07) is 12.2. The average molecular weight is 430 g/mol. The summed E-state index contributed by atoms with van der Waals surface area (Å²) in [5.74, 6) is 0.112. The van der Waals surface area contributed by atoms with E-state index in [0.29, 0.717) is 16.6 Å². The second-order valence-electron chi connectivity index (χ2n) is 7.63. The van der Waals surface area contributed by atoms with Crippen molar-refractivity contribution in [1.29, 1.82) is 0 Å². The van der Waals surface area contributed by atoms with Crippen LogP contribution < -0.4 is 5.32 Å². The summed E-state index contributed by atoms with van der Waals surface area (Å²) in [4.78, 5) is 17.2. The van der Waals surface area contributed by atoms with Crippen molar-refractivity contribution in [1.82, 2.24) is 9.29 Å². The Morgan fingerprint density at radius 2 is 1.86 bits per heavy atom. The van der Waals surface area contributed by atoms with Crippen molar-refractivity contribution in [3.8, 4) is 0 Å². The molecule has 1 N–H and O–H groups in total. The van der Waals surface area contributed by atoms with Gasteiger partial charge in [0, 0.05) is 18.7 Å². The first-order valence-corrected chi connectivity index (χ1v) is 11.8. The van der Waals surface area contributed by atoms with Gasteiger partial charge < -0.3 is 0 Å². The predicted octanol–water partition coefficient (Wildman–Crippen LogP) is 4.45. The van der Waals surface area contributed by atoms with Gasteiger partial charge in [0.1, 0.15) is 0 Å². The highest BCUT2D eigenvalue weighted by Crippen LogP contribution is 2.31. The molecule has 0 unspecified atom stereocenters. The number of carbonyl (C=O) groups excluding carboxylic acids is 1. The monoisotopic (exact) mass is 429 g/mol. The van der Waals surface area contributed by atoms with Crippen LogP contribution in [0.3, 0.4) is 0 Å². The summed E-state index contributed by atoms with van der Waals surface area (Å²) in [6.45, 7) is 4.27. The van der Waals surface area contributed by atoms with Crippen LogP contribution in [0, 0.1) is 0 Å². The summed E-state index contributed by atoms with van der Waals surface area (Å²) in [6.07, 6.45) is 1.80. The molecule has 1 fully saturated rings. The third-order valence-corrected chi connectivity index (χ3v) is 8.01. The van der Waals surface area contributed by atoms with Crippen LogP contribution in [0.4, 0.5) is 5.13 Å². The van der Waals surface area contributed by atoms with Crippen LogP contribution in [0.25, 0.3) is 10.2 Å². The van der Waals surface area contributed by atoms with Crippen LogP contribution >= 0.6 is 11.3 Å². The number of sulfonamides is 1. The van der Waals surface area contributed by atoms with Gasteiger partial charge in [-0.25, -0.2) is 13.4 Å². The molecule has 29 heavy (non-hydrogen) atoms. The maximum absolute atomic E-state index is 12.6. The Bertz CT molecular complexity index is 1160. The summed E-state index contributed by atoms with van der Waals surface area (Å²) in [5.41, 5.74) is 2.46. The molecular formula is C21H23N3O3S2. The van der Waals surface area contributed by atoms with E-state index in [1.54, 1.807) is 7.05 Å². The van der Waals surface area contributed by atoms with Crippen LogP contribution in [-0.4, -0.2) is 36.7 Å². The lowest BCUT2D eigenvalue weighted by molar-refractivity contribution is 0.102. The Morgan fingerprint density at radius 1 is 1.17 bits per heavy atom. The number of aromatic nitrogens is 1. The molecule has 0 spiro atoms. The fourth-order valence-electron chi connectivity index (χ4n) is 3.10. The molecule has 4 rings (SSSR count). The number of fused-ring (bicyclic) bond motifs is 1. The molecular weight excluding hydrogens is 406 g/mol. The predicted molar refractivity (Wildman–Crippen MR) is 116 cm³/mol. The van der Waals surface area contributed by atoms with Crippen molar-refractivity contribution in [3.63, 3.8) is 0 Å². The molecule has 1 aromatic heterocycles. The largest absolute Gasteiger partial charge is 0.298 e. The smallest absolute Gasteiger partial charge is 0.257 e. The Morgan fingerprint density at radius 3 is 2.48 bits per heavy atom. The third kappa shape index (κ3) is 4.05. The van der Waals surface area contributed by atoms with Crippen molar-refractivity contribution >= 4 is 42.6 Å². The maximum Gasteiger partial charge on any atom is 0.257 e. The number of nitrogens with zero attached hydrogens (tertiary/aromatic N) is 2. The Balaban J connectivity index is 1.50. The van der Waals surface area contributed by atoms with Gasteiger partial charge in [0.05, 0.1) is 15.1 Å². The molecule has 3 aromatic rings. The molecule has 1 saturated carbocycles. The fraction of sp³-hybridized carbons (Fsp3) is 0.333. The Hall–Kier alpha value is -2.29. The van der Waals surface area contributed by atoms with E-state index in [4.69, 9.17) is 0 Å². The van der Waals surface area contributed by atoms with E-state index in [1.807, 2.05) is 6.07 Å². The van der Waals surface area contributed by atoms with Crippen LogP contribution in [0.15, 0.2) is 47.4 Å². The molecule has 0 aliphatic heterocycles. The lowest BCUT2D eigenvalue weighted by Gasteiger charge is -2.16. The molecule has 0 bridgehead atoms. The van der Waals surface area contributed by atoms with Gasteiger partial charge in [0.15, 0.2) is 5.13 Å². The molecule has 1 aliphatic rings. The molecule has 2 aromatic carbocycles. The van der Waals surface area contributed by atoms with Gasteiger partial charge in [0.2, 0.25) is 10.0 Å². The number of amides is 1. The van der Waals surface area contributed by atoms with Crippen LogP contribution in [0.1, 0.15) is 48.5 Å². The number of nitrogens with one attached hydrogen (secondary N) is 1. The van der Waals surface area contributed by atoms with E-state index < -0.39 is 10.0 Å². The highest BCUT2D eigenvalue weighted by molar-refractivity contribution is 7.89. The second kappa shape index (κ2) is 7.51. The maximum atomic E-state index is 12.6. The zero-order valence-corrected chi connectivity index (χ0v) is 18.2. The van der Waals surface area contributed by atoms with Crippen molar-refractivity contribution < 1.29 is 13.2 Å². The number of rotatable bonds is 6. The topological polar surface area (TPSA) is 79.4 Å². The zero-order chi connectivity index (χ0) is 20.8. The van der Waals surface area contributed by atoms with Crippen LogP contribution in [0.2, 0.25) is 0 Å². The number of benzene rings is 2. The van der Waals surface area contributed by atoms with E-state index >= 15 is 0 Å². The normalized spacial score (nSPS) is 14.7. The van der Waals surface area contributed by atoms with Gasteiger partial charge in [-0.15, -0.1) is 0 Å². The zero-order valence-electron chi connectivity index (χ0n) is 16.5. The van der Waals surface area contributed by atoms with Gasteiger partial charge >= 0.3 is 0 Å². The van der Waals surface area contributed by atoms with Crippen LogP contribution in [-0.2, 0) is 10.0 Å². The van der Waals surface area contributed by atoms with Crippen LogP contribution in [0.5, 0.6) is 0 Å². The first-order valence-electron chi connectivity index (χ1n) is 9.55. The average Bonchev–Trinajstić information content (AvgIpc) is 3.46. The standard InChI is InChI=1S/C21H23N3O3S2/c1-13(2)15-6-11-18-19(12-15)28-21(22-18)23-20(25)14-4-9-17(10-5-14)29(26,27)24(3)16-7-8-16/h4-6,9-13,16H,7-8H2,1-3H3,(H,22,23,25). The van der Waals surface area contributed by atoms with Crippen molar-refractivity contribution in [2.24, 2.45) is 0 Å². The van der Waals surface area contributed by atoms with Gasteiger partial charge in [-0.3, -0.25) is 10.1 Å². The SMILES string of the molecule is CC(C)c1ccc2nc(NC(=O)c3ccc(S(=O)(=O)N(C)C4CC4)cc3)sc2c1. The molecule has 6 nitrogen and oxygen atoms in total. The van der Waals surface area contributed by atoms with Gasteiger partial charge in [-0.05, 0) is 60.7 Å². The molecule has 0 radical (unpaired) electrons. The number of carbonyl (C=O) groups is 1. The summed E-state index contributed by atoms with van der Waals surface area (Å²) < 4.78 is 27.6. The third-order valence-electron chi connectivity index (χ3n) is 5.15. The highest BCUT2D eigenvalue weighted by atomic mass is 32.2. The molecule has 0 atom stereocenters. The minimum absolute atomic E-state index is 0.0956. The minimum Gasteiger partial charge on any atom is -0.298 e. The number of anilines is 1.